The van der Waals surface area contributed by atoms with Crippen molar-refractivity contribution < 1.29 is 4.79 Å². The molecule has 1 aliphatic rings. The van der Waals surface area contributed by atoms with E-state index >= 15 is 0 Å². The predicted octanol–water partition coefficient (Wildman–Crippen LogP) is 1.92. The minimum Gasteiger partial charge on any atom is -0.336 e. The number of rotatable bonds is 4. The molecule has 1 aliphatic heterocycles. The van der Waals surface area contributed by atoms with Crippen LogP contribution in [0, 0.1) is 0 Å². The van der Waals surface area contributed by atoms with Gasteiger partial charge in [0.1, 0.15) is 5.82 Å². The van der Waals surface area contributed by atoms with Crippen molar-refractivity contribution in [1.82, 2.24) is 19.8 Å². The Morgan fingerprint density at radius 3 is 2.44 bits per heavy atom. The van der Waals surface area contributed by atoms with E-state index in [9.17, 15) is 9.59 Å². The van der Waals surface area contributed by atoms with Crippen molar-refractivity contribution in [1.29, 1.82) is 0 Å². The van der Waals surface area contributed by atoms with E-state index in [1.807, 2.05) is 53.4 Å². The first kappa shape index (κ1) is 17.4. The highest BCUT2D eigenvalue weighted by atomic mass is 16.2. The Hall–Kier alpha value is -2.99. The molecule has 3 aromatic rings. The third kappa shape index (κ3) is 3.90. The molecule has 27 heavy (non-hydrogen) atoms. The van der Waals surface area contributed by atoms with Gasteiger partial charge < -0.3 is 9.88 Å². The van der Waals surface area contributed by atoms with E-state index in [1.165, 1.54) is 0 Å². The third-order valence-electron chi connectivity index (χ3n) is 5.01. The van der Waals surface area contributed by atoms with Crippen LogP contribution >= 0.6 is 0 Å². The Labute approximate surface area is 157 Å². The number of nitrogens with zero attached hydrogens (tertiary/aromatic N) is 3. The van der Waals surface area contributed by atoms with Crippen molar-refractivity contribution in [3.05, 3.63) is 76.3 Å². The molecule has 2 aromatic carbocycles. The molecule has 0 spiro atoms. The lowest BCUT2D eigenvalue weighted by molar-refractivity contribution is 0.0638. The summed E-state index contributed by atoms with van der Waals surface area (Å²) >= 11 is 0. The van der Waals surface area contributed by atoms with Crippen LogP contribution < -0.4 is 5.56 Å². The maximum Gasteiger partial charge on any atom is 0.258 e. The van der Waals surface area contributed by atoms with Gasteiger partial charge >= 0.3 is 0 Å². The normalized spacial score (nSPS) is 15.2. The van der Waals surface area contributed by atoms with E-state index in [2.05, 4.69) is 14.9 Å². The van der Waals surface area contributed by atoms with E-state index in [0.29, 0.717) is 17.6 Å². The van der Waals surface area contributed by atoms with Crippen LogP contribution in [0.3, 0.4) is 0 Å². The number of fused-ring (bicyclic) bond motifs is 1. The van der Waals surface area contributed by atoms with Crippen LogP contribution in [0.5, 0.6) is 0 Å². The van der Waals surface area contributed by atoms with Gasteiger partial charge in [0.15, 0.2) is 0 Å². The fraction of sp³-hybridized carbons (Fsp3) is 0.286. The first-order chi connectivity index (χ1) is 13.2. The smallest absolute Gasteiger partial charge is 0.258 e. The van der Waals surface area contributed by atoms with Gasteiger partial charge in [-0.15, -0.1) is 0 Å². The number of carbonyl (C=O) groups is 1. The van der Waals surface area contributed by atoms with Crippen LogP contribution in [0.25, 0.3) is 10.9 Å². The minimum absolute atomic E-state index is 0.0890. The summed E-state index contributed by atoms with van der Waals surface area (Å²) in [5, 5.41) is 0.620. The zero-order valence-corrected chi connectivity index (χ0v) is 15.1. The van der Waals surface area contributed by atoms with E-state index in [0.717, 1.165) is 43.8 Å². The molecule has 0 saturated carbocycles. The number of piperazine rings is 1. The van der Waals surface area contributed by atoms with Gasteiger partial charge in [-0.2, -0.15) is 0 Å². The molecule has 0 bridgehead atoms. The number of aromatic nitrogens is 2. The number of amides is 1. The SMILES string of the molecule is O=C(c1ccccc1)N1CCN(CCc2nc3ccccc3c(=O)[nH]2)CC1. The molecule has 1 N–H and O–H groups in total. The minimum atomic E-state index is -0.0890. The maximum atomic E-state index is 12.5. The molecule has 6 nitrogen and oxygen atoms in total. The zero-order valence-electron chi connectivity index (χ0n) is 15.1. The predicted molar refractivity (Wildman–Crippen MR) is 105 cm³/mol. The van der Waals surface area contributed by atoms with Crippen molar-refractivity contribution in [3.63, 3.8) is 0 Å². The van der Waals surface area contributed by atoms with Gasteiger partial charge in [-0.25, -0.2) is 4.98 Å². The number of carbonyl (C=O) groups excluding carboxylic acids is 1. The van der Waals surface area contributed by atoms with Crippen molar-refractivity contribution in [2.24, 2.45) is 0 Å². The maximum absolute atomic E-state index is 12.5. The highest BCUT2D eigenvalue weighted by Crippen LogP contribution is 2.10. The van der Waals surface area contributed by atoms with Crippen molar-refractivity contribution in [2.75, 3.05) is 32.7 Å². The molecule has 1 fully saturated rings. The molecule has 1 aromatic heterocycles. The monoisotopic (exact) mass is 362 g/mol. The second-order valence-electron chi connectivity index (χ2n) is 6.78. The largest absolute Gasteiger partial charge is 0.336 e. The van der Waals surface area contributed by atoms with E-state index in [-0.39, 0.29) is 11.5 Å². The highest BCUT2D eigenvalue weighted by Gasteiger charge is 2.21. The van der Waals surface area contributed by atoms with Crippen LogP contribution in [0.2, 0.25) is 0 Å². The van der Waals surface area contributed by atoms with Crippen LogP contribution in [-0.2, 0) is 6.42 Å². The lowest BCUT2D eigenvalue weighted by Crippen LogP contribution is -2.49. The topological polar surface area (TPSA) is 69.3 Å². The average Bonchev–Trinajstić information content (AvgIpc) is 2.73. The Balaban J connectivity index is 1.33. The molecule has 0 unspecified atom stereocenters. The molecule has 2 heterocycles. The lowest BCUT2D eigenvalue weighted by Gasteiger charge is -2.34. The lowest BCUT2D eigenvalue weighted by atomic mass is 10.2. The summed E-state index contributed by atoms with van der Waals surface area (Å²) in [7, 11) is 0. The van der Waals surface area contributed by atoms with E-state index < -0.39 is 0 Å². The highest BCUT2D eigenvalue weighted by molar-refractivity contribution is 5.94. The third-order valence-corrected chi connectivity index (χ3v) is 5.01. The van der Waals surface area contributed by atoms with Gasteiger partial charge in [0.05, 0.1) is 10.9 Å². The van der Waals surface area contributed by atoms with Gasteiger partial charge in [0.25, 0.3) is 11.5 Å². The van der Waals surface area contributed by atoms with Gasteiger partial charge in [-0.3, -0.25) is 14.5 Å². The Bertz CT molecular complexity index is 992. The fourth-order valence-electron chi connectivity index (χ4n) is 3.46. The summed E-state index contributed by atoms with van der Waals surface area (Å²) in [5.74, 6) is 0.803. The standard InChI is InChI=1S/C21H22N4O2/c26-20-17-8-4-5-9-18(17)22-19(23-20)10-11-24-12-14-25(15-13-24)21(27)16-6-2-1-3-7-16/h1-9H,10-15H2,(H,22,23,26). The molecular formula is C21H22N4O2. The van der Waals surface area contributed by atoms with Gasteiger partial charge in [-0.05, 0) is 24.3 Å². The van der Waals surface area contributed by atoms with Gasteiger partial charge in [0, 0.05) is 44.7 Å². The summed E-state index contributed by atoms with van der Waals surface area (Å²) in [6.07, 6.45) is 0.687. The summed E-state index contributed by atoms with van der Waals surface area (Å²) in [4.78, 5) is 36.3. The molecule has 1 saturated heterocycles. The summed E-state index contributed by atoms with van der Waals surface area (Å²) in [6, 6.07) is 16.8. The Morgan fingerprint density at radius 2 is 1.67 bits per heavy atom. The molecular weight excluding hydrogens is 340 g/mol. The second-order valence-corrected chi connectivity index (χ2v) is 6.78. The number of nitrogens with one attached hydrogen (secondary N) is 1. The van der Waals surface area contributed by atoms with Crippen LogP contribution in [0.4, 0.5) is 0 Å². The quantitative estimate of drug-likeness (QED) is 0.770. The number of hydrogen-bond acceptors (Lipinski definition) is 4. The molecule has 138 valence electrons. The molecule has 0 radical (unpaired) electrons. The van der Waals surface area contributed by atoms with Crippen LogP contribution in [-0.4, -0.2) is 58.4 Å². The number of hydrogen-bond donors (Lipinski definition) is 1. The van der Waals surface area contributed by atoms with E-state index in [1.54, 1.807) is 6.07 Å². The van der Waals surface area contributed by atoms with Gasteiger partial charge in [0.2, 0.25) is 0 Å². The first-order valence-corrected chi connectivity index (χ1v) is 9.25. The van der Waals surface area contributed by atoms with Crippen molar-refractivity contribution in [3.8, 4) is 0 Å². The number of para-hydroxylation sites is 1. The number of aromatic amines is 1. The number of H-pyrrole nitrogens is 1. The van der Waals surface area contributed by atoms with Crippen LogP contribution in [0.1, 0.15) is 16.2 Å². The van der Waals surface area contributed by atoms with Crippen LogP contribution in [0.15, 0.2) is 59.4 Å². The summed E-state index contributed by atoms with van der Waals surface area (Å²) in [6.45, 7) is 3.91. The average molecular weight is 362 g/mol. The zero-order chi connectivity index (χ0) is 18.6. The van der Waals surface area contributed by atoms with Crippen molar-refractivity contribution >= 4 is 16.8 Å². The Morgan fingerprint density at radius 1 is 0.963 bits per heavy atom. The molecule has 6 heteroatoms. The van der Waals surface area contributed by atoms with E-state index in [4.69, 9.17) is 0 Å². The molecule has 0 aliphatic carbocycles. The summed E-state index contributed by atoms with van der Waals surface area (Å²) in [5.41, 5.74) is 1.38. The van der Waals surface area contributed by atoms with Gasteiger partial charge in [-0.1, -0.05) is 30.3 Å². The first-order valence-electron chi connectivity index (χ1n) is 9.25. The second kappa shape index (κ2) is 7.72. The molecule has 1 amide bonds. The summed E-state index contributed by atoms with van der Waals surface area (Å²) < 4.78 is 0. The number of benzene rings is 2. The Kier molecular flexibility index (Phi) is 4.98. The fourth-order valence-corrected chi connectivity index (χ4v) is 3.46. The van der Waals surface area contributed by atoms with Crippen molar-refractivity contribution in [2.45, 2.75) is 6.42 Å². The molecule has 0 atom stereocenters. The molecule has 4 rings (SSSR count).